The smallest absolute Gasteiger partial charge is 0.191 e. The summed E-state index contributed by atoms with van der Waals surface area (Å²) in [5.41, 5.74) is 0. The lowest BCUT2D eigenvalue weighted by Gasteiger charge is -2.22. The van der Waals surface area contributed by atoms with Crippen LogP contribution in [0.5, 0.6) is 0 Å². The van der Waals surface area contributed by atoms with Gasteiger partial charge < -0.3 is 15.1 Å². The summed E-state index contributed by atoms with van der Waals surface area (Å²) in [6.07, 6.45) is 2.78. The second kappa shape index (κ2) is 10.9. The van der Waals surface area contributed by atoms with Crippen molar-refractivity contribution in [3.05, 3.63) is 24.2 Å². The first-order valence-corrected chi connectivity index (χ1v) is 7.33. The minimum absolute atomic E-state index is 0. The van der Waals surface area contributed by atoms with E-state index in [1.54, 1.807) is 6.26 Å². The topological polar surface area (TPSA) is 52.8 Å². The highest BCUT2D eigenvalue weighted by Crippen LogP contribution is 2.18. The highest BCUT2D eigenvalue weighted by molar-refractivity contribution is 14.0. The summed E-state index contributed by atoms with van der Waals surface area (Å²) in [4.78, 5) is 6.79. The normalized spacial score (nSPS) is 14.5. The Balaban J connectivity index is 0.00000400. The third-order valence-corrected chi connectivity index (χ3v) is 3.26. The summed E-state index contributed by atoms with van der Waals surface area (Å²) in [5, 5.41) is 6.67. The van der Waals surface area contributed by atoms with Gasteiger partial charge in [-0.2, -0.15) is 0 Å². The van der Waals surface area contributed by atoms with Gasteiger partial charge in [-0.3, -0.25) is 9.89 Å². The predicted octanol–water partition coefficient (Wildman–Crippen LogP) is 2.85. The maximum Gasteiger partial charge on any atom is 0.191 e. The molecule has 0 aliphatic carbocycles. The molecule has 6 heteroatoms. The van der Waals surface area contributed by atoms with Gasteiger partial charge in [-0.1, -0.05) is 6.92 Å². The third-order valence-electron chi connectivity index (χ3n) is 3.26. The first kappa shape index (κ1) is 20.2. The van der Waals surface area contributed by atoms with E-state index in [-0.39, 0.29) is 30.0 Å². The van der Waals surface area contributed by atoms with Gasteiger partial charge in [0.15, 0.2) is 5.96 Å². The fraction of sp³-hybridized carbons (Fsp3) is 0.667. The van der Waals surface area contributed by atoms with Crippen molar-refractivity contribution in [2.24, 2.45) is 4.99 Å². The number of hydrogen-bond donors (Lipinski definition) is 2. The Morgan fingerprint density at radius 2 is 2.10 bits per heavy atom. The average Bonchev–Trinajstić information content (AvgIpc) is 2.92. The molecule has 0 aliphatic rings. The van der Waals surface area contributed by atoms with Gasteiger partial charge in [0, 0.05) is 12.6 Å². The summed E-state index contributed by atoms with van der Waals surface area (Å²) < 4.78 is 5.50. The lowest BCUT2D eigenvalue weighted by molar-refractivity contribution is 0.265. The van der Waals surface area contributed by atoms with E-state index >= 15 is 0 Å². The first-order chi connectivity index (χ1) is 9.58. The number of likely N-dealkylation sites (N-methyl/N-ethyl adjacent to an activating group) is 1. The van der Waals surface area contributed by atoms with Crippen molar-refractivity contribution in [2.45, 2.75) is 39.3 Å². The summed E-state index contributed by atoms with van der Waals surface area (Å²) in [5.74, 6) is 1.80. The molecule has 2 N–H and O–H groups in total. The molecular formula is C15H29IN4O. The standard InChI is InChI=1S/C15H28N4O.HI/c1-6-12(3)18-15(16-7-2)17-11-13(19(4)5)14-9-8-10-20-14;/h8-10,12-13H,6-7,11H2,1-5H3,(H2,16,17,18);1H. The van der Waals surface area contributed by atoms with Gasteiger partial charge in [0.2, 0.25) is 0 Å². The van der Waals surface area contributed by atoms with E-state index in [4.69, 9.17) is 4.42 Å². The number of nitrogens with zero attached hydrogens (tertiary/aromatic N) is 2. The third kappa shape index (κ3) is 7.17. The summed E-state index contributed by atoms with van der Waals surface area (Å²) >= 11 is 0. The Hall–Kier alpha value is -0.760. The Kier molecular flexibility index (Phi) is 10.5. The fourth-order valence-electron chi connectivity index (χ4n) is 1.82. The zero-order chi connectivity index (χ0) is 15.0. The highest BCUT2D eigenvalue weighted by atomic mass is 127. The van der Waals surface area contributed by atoms with Crippen molar-refractivity contribution in [3.63, 3.8) is 0 Å². The van der Waals surface area contributed by atoms with E-state index < -0.39 is 0 Å². The molecule has 0 aromatic carbocycles. The average molecular weight is 408 g/mol. The molecular weight excluding hydrogens is 379 g/mol. The summed E-state index contributed by atoms with van der Waals surface area (Å²) in [7, 11) is 4.08. The van der Waals surface area contributed by atoms with Crippen LogP contribution in [-0.4, -0.2) is 44.1 Å². The summed E-state index contributed by atoms with van der Waals surface area (Å²) in [6, 6.07) is 4.47. The lowest BCUT2D eigenvalue weighted by Crippen LogP contribution is -2.42. The minimum Gasteiger partial charge on any atom is -0.468 e. The van der Waals surface area contributed by atoms with Crippen molar-refractivity contribution >= 4 is 29.9 Å². The van der Waals surface area contributed by atoms with E-state index in [2.05, 4.69) is 41.3 Å². The van der Waals surface area contributed by atoms with E-state index in [0.717, 1.165) is 24.7 Å². The Bertz CT molecular complexity index is 392. The Labute approximate surface area is 145 Å². The molecule has 1 heterocycles. The molecule has 1 aromatic heterocycles. The molecule has 1 aromatic rings. The Morgan fingerprint density at radius 3 is 2.57 bits per heavy atom. The largest absolute Gasteiger partial charge is 0.468 e. The number of aliphatic imine (C=N–C) groups is 1. The molecule has 5 nitrogen and oxygen atoms in total. The number of nitrogens with one attached hydrogen (secondary N) is 2. The molecule has 2 unspecified atom stereocenters. The monoisotopic (exact) mass is 408 g/mol. The SMILES string of the molecule is CCNC(=NCC(c1ccco1)N(C)C)NC(C)CC.I. The first-order valence-electron chi connectivity index (χ1n) is 7.33. The molecule has 0 fully saturated rings. The van der Waals surface area contributed by atoms with Crippen LogP contribution >= 0.6 is 24.0 Å². The van der Waals surface area contributed by atoms with Gasteiger partial charge in [-0.05, 0) is 46.5 Å². The minimum atomic E-state index is 0. The zero-order valence-electron chi connectivity index (χ0n) is 13.7. The molecule has 0 saturated heterocycles. The molecule has 0 spiro atoms. The van der Waals surface area contributed by atoms with Gasteiger partial charge in [-0.25, -0.2) is 0 Å². The van der Waals surface area contributed by atoms with E-state index in [1.807, 2.05) is 26.2 Å². The molecule has 0 amide bonds. The molecule has 0 bridgehead atoms. The lowest BCUT2D eigenvalue weighted by atomic mass is 10.2. The number of hydrogen-bond acceptors (Lipinski definition) is 3. The fourth-order valence-corrected chi connectivity index (χ4v) is 1.82. The van der Waals surface area contributed by atoms with Crippen LogP contribution in [0, 0.1) is 0 Å². The number of guanidine groups is 1. The van der Waals surface area contributed by atoms with Crippen LogP contribution in [0.4, 0.5) is 0 Å². The molecule has 0 radical (unpaired) electrons. The van der Waals surface area contributed by atoms with Crippen molar-refractivity contribution in [2.75, 3.05) is 27.2 Å². The van der Waals surface area contributed by atoms with Crippen molar-refractivity contribution in [3.8, 4) is 0 Å². The Morgan fingerprint density at radius 1 is 1.38 bits per heavy atom. The van der Waals surface area contributed by atoms with Crippen LogP contribution in [0.3, 0.4) is 0 Å². The van der Waals surface area contributed by atoms with Gasteiger partial charge in [-0.15, -0.1) is 24.0 Å². The molecule has 2 atom stereocenters. The van der Waals surface area contributed by atoms with Crippen LogP contribution in [0.2, 0.25) is 0 Å². The maximum absolute atomic E-state index is 5.50. The molecule has 122 valence electrons. The second-order valence-electron chi connectivity index (χ2n) is 5.17. The van der Waals surface area contributed by atoms with E-state index in [1.165, 1.54) is 0 Å². The van der Waals surface area contributed by atoms with Crippen molar-refractivity contribution in [1.82, 2.24) is 15.5 Å². The van der Waals surface area contributed by atoms with Crippen LogP contribution in [0.15, 0.2) is 27.8 Å². The zero-order valence-corrected chi connectivity index (χ0v) is 16.0. The number of rotatable bonds is 7. The summed E-state index contributed by atoms with van der Waals surface area (Å²) in [6.45, 7) is 7.90. The molecule has 0 saturated carbocycles. The number of halogens is 1. The maximum atomic E-state index is 5.50. The highest BCUT2D eigenvalue weighted by Gasteiger charge is 2.16. The second-order valence-corrected chi connectivity index (χ2v) is 5.17. The van der Waals surface area contributed by atoms with Gasteiger partial charge in [0.05, 0.1) is 18.8 Å². The van der Waals surface area contributed by atoms with E-state index in [9.17, 15) is 0 Å². The predicted molar refractivity (Wildman–Crippen MR) is 99.4 cm³/mol. The molecule has 21 heavy (non-hydrogen) atoms. The van der Waals surface area contributed by atoms with E-state index in [0.29, 0.717) is 12.6 Å². The number of furan rings is 1. The van der Waals surface area contributed by atoms with Crippen LogP contribution < -0.4 is 10.6 Å². The van der Waals surface area contributed by atoms with Gasteiger partial charge in [0.25, 0.3) is 0 Å². The van der Waals surface area contributed by atoms with Crippen molar-refractivity contribution < 1.29 is 4.42 Å². The van der Waals surface area contributed by atoms with Crippen LogP contribution in [-0.2, 0) is 0 Å². The van der Waals surface area contributed by atoms with Crippen LogP contribution in [0.25, 0.3) is 0 Å². The molecule has 0 aliphatic heterocycles. The molecule has 1 rings (SSSR count). The van der Waals surface area contributed by atoms with Crippen LogP contribution in [0.1, 0.15) is 39.0 Å². The van der Waals surface area contributed by atoms with Gasteiger partial charge >= 0.3 is 0 Å². The van der Waals surface area contributed by atoms with Crippen molar-refractivity contribution in [1.29, 1.82) is 0 Å². The quantitative estimate of drug-likeness (QED) is 0.414. The van der Waals surface area contributed by atoms with Gasteiger partial charge in [0.1, 0.15) is 5.76 Å².